The van der Waals surface area contributed by atoms with Gasteiger partial charge in [-0.15, -0.1) is 0 Å². The molecule has 4 atom stereocenters. The topological polar surface area (TPSA) is 66.5 Å². The number of imide groups is 1. The normalized spacial score (nSPS) is 25.6. The van der Waals surface area contributed by atoms with Gasteiger partial charge in [0.05, 0.1) is 17.5 Å². The summed E-state index contributed by atoms with van der Waals surface area (Å²) in [4.78, 5) is 39.7. The van der Waals surface area contributed by atoms with Gasteiger partial charge in [-0.25, -0.2) is 4.90 Å². The van der Waals surface area contributed by atoms with Crippen molar-refractivity contribution in [3.63, 3.8) is 0 Å². The van der Waals surface area contributed by atoms with E-state index in [-0.39, 0.29) is 41.4 Å². The molecule has 3 amide bonds. The second kappa shape index (κ2) is 10.5. The van der Waals surface area contributed by atoms with E-state index < -0.39 is 0 Å². The van der Waals surface area contributed by atoms with Crippen LogP contribution in [0.1, 0.15) is 77.6 Å². The van der Waals surface area contributed by atoms with Crippen LogP contribution in [0.3, 0.4) is 0 Å². The van der Waals surface area contributed by atoms with Crippen LogP contribution < -0.4 is 10.2 Å². The average molecular weight is 437 g/mol. The van der Waals surface area contributed by atoms with Gasteiger partial charge in [-0.3, -0.25) is 14.4 Å². The highest BCUT2D eigenvalue weighted by molar-refractivity contribution is 6.23. The highest BCUT2D eigenvalue weighted by Crippen LogP contribution is 2.53. The van der Waals surface area contributed by atoms with Crippen LogP contribution in [0.15, 0.2) is 36.4 Å². The molecule has 1 N–H and O–H groups in total. The first kappa shape index (κ1) is 22.8. The molecule has 1 saturated carbocycles. The molecule has 0 aromatic heterocycles. The maximum absolute atomic E-state index is 13.0. The Labute approximate surface area is 191 Å². The Kier molecular flexibility index (Phi) is 7.44. The smallest absolute Gasteiger partial charge is 0.238 e. The van der Waals surface area contributed by atoms with Crippen LogP contribution in [-0.4, -0.2) is 17.7 Å². The standard InChI is InChI=1S/C27H36N2O3/c1-2-3-4-5-6-7-8-9-10-14-23(30)28-21-12-11-13-22(18-21)29-26(31)24-19-15-16-20(17-19)25(24)27(29)32/h11-13,15-16,18-20,24-25H,2-10,14,17H2,1H3,(H,28,30)/t19-,20-,24-,25+/m0/s1. The lowest BCUT2D eigenvalue weighted by molar-refractivity contribution is -0.123. The van der Waals surface area contributed by atoms with E-state index in [1.54, 1.807) is 18.2 Å². The molecule has 2 bridgehead atoms. The quantitative estimate of drug-likeness (QED) is 0.254. The van der Waals surface area contributed by atoms with E-state index in [1.165, 1.54) is 49.8 Å². The first-order chi connectivity index (χ1) is 15.6. The number of anilines is 2. The number of carbonyl (C=O) groups excluding carboxylic acids is 3. The van der Waals surface area contributed by atoms with E-state index in [4.69, 9.17) is 0 Å². The summed E-state index contributed by atoms with van der Waals surface area (Å²) in [6, 6.07) is 7.14. The van der Waals surface area contributed by atoms with Crippen molar-refractivity contribution in [3.05, 3.63) is 36.4 Å². The Morgan fingerprint density at radius 2 is 1.50 bits per heavy atom. The number of unbranched alkanes of at least 4 members (excludes halogenated alkanes) is 8. The molecule has 2 fully saturated rings. The summed E-state index contributed by atoms with van der Waals surface area (Å²) in [7, 11) is 0. The van der Waals surface area contributed by atoms with Gasteiger partial charge < -0.3 is 5.32 Å². The van der Waals surface area contributed by atoms with Crippen molar-refractivity contribution in [3.8, 4) is 0 Å². The van der Waals surface area contributed by atoms with Crippen LogP contribution in [0, 0.1) is 23.7 Å². The Bertz CT molecular complexity index is 847. The summed E-state index contributed by atoms with van der Waals surface area (Å²) in [6.07, 6.45) is 16.6. The predicted molar refractivity (Wildman–Crippen MR) is 127 cm³/mol. The monoisotopic (exact) mass is 436 g/mol. The van der Waals surface area contributed by atoms with Crippen LogP contribution in [-0.2, 0) is 14.4 Å². The third-order valence-corrected chi connectivity index (χ3v) is 7.37. The molecule has 172 valence electrons. The van der Waals surface area contributed by atoms with Gasteiger partial charge in [-0.05, 0) is 42.9 Å². The lowest BCUT2D eigenvalue weighted by atomic mass is 9.85. The Morgan fingerprint density at radius 3 is 2.12 bits per heavy atom. The van der Waals surface area contributed by atoms with E-state index in [0.29, 0.717) is 17.8 Å². The number of fused-ring (bicyclic) bond motifs is 5. The van der Waals surface area contributed by atoms with E-state index in [2.05, 4.69) is 24.4 Å². The van der Waals surface area contributed by atoms with Crippen molar-refractivity contribution in [2.75, 3.05) is 10.2 Å². The van der Waals surface area contributed by atoms with Gasteiger partial charge in [0.15, 0.2) is 0 Å². The molecule has 1 aromatic rings. The number of nitrogens with one attached hydrogen (secondary N) is 1. The molecule has 0 spiro atoms. The molecule has 1 saturated heterocycles. The fraction of sp³-hybridized carbons (Fsp3) is 0.593. The summed E-state index contributed by atoms with van der Waals surface area (Å²) in [5.74, 6) is -0.200. The lowest BCUT2D eigenvalue weighted by Crippen LogP contribution is -2.32. The van der Waals surface area contributed by atoms with E-state index >= 15 is 0 Å². The van der Waals surface area contributed by atoms with Crippen molar-refractivity contribution in [2.24, 2.45) is 23.7 Å². The van der Waals surface area contributed by atoms with Crippen LogP contribution in [0.25, 0.3) is 0 Å². The third kappa shape index (κ3) is 4.82. The largest absolute Gasteiger partial charge is 0.326 e. The van der Waals surface area contributed by atoms with Crippen molar-refractivity contribution in [1.82, 2.24) is 0 Å². The average Bonchev–Trinajstić information content (AvgIpc) is 3.46. The molecule has 32 heavy (non-hydrogen) atoms. The van der Waals surface area contributed by atoms with E-state index in [1.807, 2.05) is 6.07 Å². The van der Waals surface area contributed by atoms with E-state index in [0.717, 1.165) is 19.3 Å². The second-order valence-corrected chi connectivity index (χ2v) is 9.69. The highest BCUT2D eigenvalue weighted by atomic mass is 16.2. The fourth-order valence-electron chi connectivity index (χ4n) is 5.70. The number of amides is 3. The van der Waals surface area contributed by atoms with E-state index in [9.17, 15) is 14.4 Å². The maximum Gasteiger partial charge on any atom is 0.238 e. The molecule has 5 heteroatoms. The molecule has 0 unspecified atom stereocenters. The fourth-order valence-corrected chi connectivity index (χ4v) is 5.70. The molecule has 1 aromatic carbocycles. The number of benzene rings is 1. The zero-order chi connectivity index (χ0) is 22.5. The number of allylic oxidation sites excluding steroid dienone is 2. The Morgan fingerprint density at radius 1 is 0.906 bits per heavy atom. The van der Waals surface area contributed by atoms with Crippen LogP contribution in [0.5, 0.6) is 0 Å². The first-order valence-electron chi connectivity index (χ1n) is 12.6. The molecule has 4 rings (SSSR count). The first-order valence-corrected chi connectivity index (χ1v) is 12.6. The van der Waals surface area contributed by atoms with Crippen molar-refractivity contribution in [2.45, 2.75) is 77.6 Å². The molecule has 1 aliphatic heterocycles. The van der Waals surface area contributed by atoms with Gasteiger partial charge in [0, 0.05) is 12.1 Å². The van der Waals surface area contributed by atoms with Crippen molar-refractivity contribution < 1.29 is 14.4 Å². The molecular weight excluding hydrogens is 400 g/mol. The lowest BCUT2D eigenvalue weighted by Gasteiger charge is -2.18. The number of carbonyl (C=O) groups is 3. The van der Waals surface area contributed by atoms with Gasteiger partial charge in [0.1, 0.15) is 0 Å². The van der Waals surface area contributed by atoms with Gasteiger partial charge in [-0.1, -0.05) is 76.5 Å². The number of nitrogens with zero attached hydrogens (tertiary/aromatic N) is 1. The predicted octanol–water partition coefficient (Wildman–Crippen LogP) is 5.86. The summed E-state index contributed by atoms with van der Waals surface area (Å²) in [6.45, 7) is 2.23. The summed E-state index contributed by atoms with van der Waals surface area (Å²) in [5.41, 5.74) is 1.21. The maximum atomic E-state index is 13.0. The zero-order valence-corrected chi connectivity index (χ0v) is 19.2. The highest BCUT2D eigenvalue weighted by Gasteiger charge is 2.59. The van der Waals surface area contributed by atoms with Gasteiger partial charge in [0.2, 0.25) is 17.7 Å². The van der Waals surface area contributed by atoms with Crippen LogP contribution in [0.2, 0.25) is 0 Å². The molecule has 3 aliphatic rings. The minimum absolute atomic E-state index is 0.0108. The third-order valence-electron chi connectivity index (χ3n) is 7.37. The molecule has 0 radical (unpaired) electrons. The number of rotatable bonds is 12. The summed E-state index contributed by atoms with van der Waals surface area (Å²) in [5, 5.41) is 2.94. The second-order valence-electron chi connectivity index (χ2n) is 9.69. The van der Waals surface area contributed by atoms with Crippen molar-refractivity contribution >= 4 is 29.1 Å². The SMILES string of the molecule is CCCCCCCCCCCC(=O)Nc1cccc(N2C(=O)[C@@H]3[C@H](C2=O)[C@H]2C=C[C@H]3C2)c1. The van der Waals surface area contributed by atoms with Gasteiger partial charge in [-0.2, -0.15) is 0 Å². The van der Waals surface area contributed by atoms with Crippen LogP contribution in [0.4, 0.5) is 11.4 Å². The molecule has 1 heterocycles. The summed E-state index contributed by atoms with van der Waals surface area (Å²) >= 11 is 0. The summed E-state index contributed by atoms with van der Waals surface area (Å²) < 4.78 is 0. The van der Waals surface area contributed by atoms with Gasteiger partial charge >= 0.3 is 0 Å². The van der Waals surface area contributed by atoms with Crippen molar-refractivity contribution in [1.29, 1.82) is 0 Å². The Hall–Kier alpha value is -2.43. The number of hydrogen-bond acceptors (Lipinski definition) is 3. The van der Waals surface area contributed by atoms with Crippen LogP contribution >= 0.6 is 0 Å². The Balaban J connectivity index is 1.23. The zero-order valence-electron chi connectivity index (χ0n) is 19.2. The molecule has 2 aliphatic carbocycles. The minimum atomic E-state index is -0.206. The number of hydrogen-bond donors (Lipinski definition) is 1. The minimum Gasteiger partial charge on any atom is -0.326 e. The molecule has 5 nitrogen and oxygen atoms in total. The molecular formula is C27H36N2O3. The van der Waals surface area contributed by atoms with Gasteiger partial charge in [0.25, 0.3) is 0 Å².